The number of aromatic nitrogens is 1. The number of carbonyl (C=O) groups excluding carboxylic acids is 1. The van der Waals surface area contributed by atoms with Crippen molar-refractivity contribution < 1.29 is 9.18 Å². The van der Waals surface area contributed by atoms with E-state index in [-0.39, 0.29) is 5.82 Å². The van der Waals surface area contributed by atoms with Gasteiger partial charge in [0.15, 0.2) is 0 Å². The van der Waals surface area contributed by atoms with E-state index >= 15 is 0 Å². The molecule has 0 unspecified atom stereocenters. The molecule has 4 aromatic rings. The van der Waals surface area contributed by atoms with E-state index in [4.69, 9.17) is 5.73 Å². The number of carbonyl (C=O) groups is 1. The molecule has 0 fully saturated rings. The molecule has 2 aromatic carbocycles. The maximum absolute atomic E-state index is 14.1. The van der Waals surface area contributed by atoms with Crippen molar-refractivity contribution in [1.82, 2.24) is 4.98 Å². The Morgan fingerprint density at radius 3 is 2.64 bits per heavy atom. The first-order chi connectivity index (χ1) is 12.1. The van der Waals surface area contributed by atoms with E-state index in [9.17, 15) is 9.18 Å². The number of aromatic amines is 1. The largest absolute Gasteiger partial charge is 0.366 e. The topological polar surface area (TPSA) is 58.9 Å². The van der Waals surface area contributed by atoms with Crippen LogP contribution in [0.1, 0.15) is 10.4 Å². The van der Waals surface area contributed by atoms with Gasteiger partial charge in [0.2, 0.25) is 5.91 Å². The molecular weight excluding hydrogens is 355 g/mol. The zero-order valence-corrected chi connectivity index (χ0v) is 14.6. The normalized spacial score (nSPS) is 11.1. The van der Waals surface area contributed by atoms with Gasteiger partial charge < -0.3 is 10.7 Å². The summed E-state index contributed by atoms with van der Waals surface area (Å²) in [6, 6.07) is 15.8. The van der Waals surface area contributed by atoms with Crippen LogP contribution in [0.2, 0.25) is 0 Å². The van der Waals surface area contributed by atoms with Gasteiger partial charge in [0.25, 0.3) is 0 Å². The number of nitrogens with two attached hydrogens (primary N) is 1. The molecule has 2 heterocycles. The molecule has 3 nitrogen and oxygen atoms in total. The summed E-state index contributed by atoms with van der Waals surface area (Å²) in [4.78, 5) is 16.6. The van der Waals surface area contributed by atoms with E-state index in [0.717, 1.165) is 26.4 Å². The zero-order valence-electron chi connectivity index (χ0n) is 13.0. The van der Waals surface area contributed by atoms with Crippen molar-refractivity contribution in [2.75, 3.05) is 0 Å². The number of benzene rings is 2. The Morgan fingerprint density at radius 1 is 1.08 bits per heavy atom. The van der Waals surface area contributed by atoms with E-state index in [1.54, 1.807) is 41.7 Å². The van der Waals surface area contributed by atoms with Gasteiger partial charge in [-0.1, -0.05) is 42.1 Å². The fourth-order valence-electron chi connectivity index (χ4n) is 2.73. The van der Waals surface area contributed by atoms with E-state index < -0.39 is 5.91 Å². The van der Waals surface area contributed by atoms with Gasteiger partial charge >= 0.3 is 0 Å². The van der Waals surface area contributed by atoms with Crippen molar-refractivity contribution in [1.29, 1.82) is 0 Å². The first-order valence-electron chi connectivity index (χ1n) is 7.56. The second-order valence-corrected chi connectivity index (χ2v) is 7.40. The summed E-state index contributed by atoms with van der Waals surface area (Å²) in [5.74, 6) is -0.761. The molecular formula is C19H13FN2OS2. The predicted octanol–water partition coefficient (Wildman–Crippen LogP) is 5.29. The quantitative estimate of drug-likeness (QED) is 0.514. The highest BCUT2D eigenvalue weighted by atomic mass is 32.2. The molecule has 0 radical (unpaired) electrons. The van der Waals surface area contributed by atoms with Crippen LogP contribution >= 0.6 is 23.1 Å². The van der Waals surface area contributed by atoms with Crippen molar-refractivity contribution in [3.8, 4) is 11.3 Å². The predicted molar refractivity (Wildman–Crippen MR) is 101 cm³/mol. The van der Waals surface area contributed by atoms with Gasteiger partial charge in [-0.25, -0.2) is 4.39 Å². The van der Waals surface area contributed by atoms with Crippen LogP contribution in [-0.4, -0.2) is 10.9 Å². The second kappa shape index (κ2) is 6.38. The summed E-state index contributed by atoms with van der Waals surface area (Å²) in [5, 5.41) is 1.98. The number of H-pyrrole nitrogens is 1. The smallest absolute Gasteiger partial charge is 0.249 e. The lowest BCUT2D eigenvalue weighted by Gasteiger charge is -2.09. The Hall–Kier alpha value is -2.57. The minimum atomic E-state index is -0.490. The van der Waals surface area contributed by atoms with Crippen molar-refractivity contribution in [2.24, 2.45) is 5.73 Å². The average Bonchev–Trinajstić information content (AvgIpc) is 3.19. The fraction of sp³-hybridized carbons (Fsp3) is 0. The van der Waals surface area contributed by atoms with Crippen molar-refractivity contribution in [3.05, 3.63) is 71.4 Å². The van der Waals surface area contributed by atoms with Crippen LogP contribution in [0.15, 0.2) is 69.8 Å². The second-order valence-electron chi connectivity index (χ2n) is 5.43. The Balaban J connectivity index is 1.93. The number of rotatable bonds is 4. The SMILES string of the molecule is NC(=O)c1ccccc1-c1[nH]c2ccsc2c1Sc1ccccc1F. The van der Waals surface area contributed by atoms with Gasteiger partial charge in [-0.3, -0.25) is 4.79 Å². The van der Waals surface area contributed by atoms with Gasteiger partial charge in [0.1, 0.15) is 5.82 Å². The number of halogens is 1. The standard InChI is InChI=1S/C19H13FN2OS2/c20-13-7-3-4-8-15(13)25-18-16(22-14-9-10-24-17(14)18)11-5-1-2-6-12(11)19(21)23/h1-10,22H,(H2,21,23). The number of primary amides is 1. The first kappa shape index (κ1) is 15.9. The van der Waals surface area contributed by atoms with Gasteiger partial charge in [0.05, 0.1) is 20.8 Å². The molecule has 25 heavy (non-hydrogen) atoms. The summed E-state index contributed by atoms with van der Waals surface area (Å²) < 4.78 is 15.2. The molecule has 6 heteroatoms. The van der Waals surface area contributed by atoms with Crippen molar-refractivity contribution in [2.45, 2.75) is 9.79 Å². The Morgan fingerprint density at radius 2 is 1.84 bits per heavy atom. The number of fused-ring (bicyclic) bond motifs is 1. The minimum Gasteiger partial charge on any atom is -0.366 e. The number of hydrogen-bond donors (Lipinski definition) is 2. The lowest BCUT2D eigenvalue weighted by atomic mass is 10.0. The summed E-state index contributed by atoms with van der Waals surface area (Å²) >= 11 is 2.93. The van der Waals surface area contributed by atoms with Crippen LogP contribution < -0.4 is 5.73 Å². The summed E-state index contributed by atoms with van der Waals surface area (Å²) in [5.41, 5.74) is 8.43. The third-order valence-corrected chi connectivity index (χ3v) is 6.09. The maximum Gasteiger partial charge on any atom is 0.249 e. The van der Waals surface area contributed by atoms with Crippen molar-refractivity contribution >= 4 is 39.2 Å². The molecule has 0 aliphatic rings. The molecule has 0 saturated carbocycles. The van der Waals surface area contributed by atoms with Crippen LogP contribution in [0.5, 0.6) is 0 Å². The molecule has 124 valence electrons. The van der Waals surface area contributed by atoms with Crippen molar-refractivity contribution in [3.63, 3.8) is 0 Å². The monoisotopic (exact) mass is 368 g/mol. The molecule has 0 bridgehead atoms. The van der Waals surface area contributed by atoms with Crippen LogP contribution in [0.25, 0.3) is 21.5 Å². The van der Waals surface area contributed by atoms with Gasteiger partial charge in [-0.15, -0.1) is 11.3 Å². The molecule has 1 amide bonds. The highest BCUT2D eigenvalue weighted by molar-refractivity contribution is 7.99. The van der Waals surface area contributed by atoms with Crippen LogP contribution in [0.4, 0.5) is 4.39 Å². The van der Waals surface area contributed by atoms with Crippen LogP contribution in [-0.2, 0) is 0 Å². The van der Waals surface area contributed by atoms with Crippen LogP contribution in [0, 0.1) is 5.82 Å². The Kier molecular flexibility index (Phi) is 4.07. The highest BCUT2D eigenvalue weighted by Gasteiger charge is 2.20. The number of nitrogens with one attached hydrogen (secondary N) is 1. The van der Waals surface area contributed by atoms with E-state index in [2.05, 4.69) is 4.98 Å². The summed E-state index contributed by atoms with van der Waals surface area (Å²) in [6.07, 6.45) is 0. The maximum atomic E-state index is 14.1. The van der Waals surface area contributed by atoms with Gasteiger partial charge in [0, 0.05) is 16.0 Å². The lowest BCUT2D eigenvalue weighted by Crippen LogP contribution is -2.12. The Labute approximate surface area is 151 Å². The van der Waals surface area contributed by atoms with Gasteiger partial charge in [-0.2, -0.15) is 0 Å². The summed E-state index contributed by atoms with van der Waals surface area (Å²) in [6.45, 7) is 0. The molecule has 4 rings (SSSR count). The molecule has 0 atom stereocenters. The van der Waals surface area contributed by atoms with E-state index in [1.165, 1.54) is 17.8 Å². The number of thiophene rings is 1. The lowest BCUT2D eigenvalue weighted by molar-refractivity contribution is 0.100. The van der Waals surface area contributed by atoms with E-state index in [0.29, 0.717) is 10.5 Å². The number of amides is 1. The highest BCUT2D eigenvalue weighted by Crippen LogP contribution is 2.44. The fourth-order valence-corrected chi connectivity index (χ4v) is 4.79. The van der Waals surface area contributed by atoms with Gasteiger partial charge in [-0.05, 0) is 29.6 Å². The third kappa shape index (κ3) is 2.83. The average molecular weight is 368 g/mol. The Bertz CT molecular complexity index is 1080. The molecule has 0 aliphatic heterocycles. The third-order valence-electron chi connectivity index (χ3n) is 3.87. The molecule has 0 spiro atoms. The van der Waals surface area contributed by atoms with Crippen LogP contribution in [0.3, 0.4) is 0 Å². The first-order valence-corrected chi connectivity index (χ1v) is 9.25. The number of hydrogen-bond acceptors (Lipinski definition) is 3. The molecule has 0 aliphatic carbocycles. The molecule has 2 aromatic heterocycles. The molecule has 3 N–H and O–H groups in total. The molecule has 0 saturated heterocycles. The van der Waals surface area contributed by atoms with E-state index in [1.807, 2.05) is 23.6 Å². The summed E-state index contributed by atoms with van der Waals surface area (Å²) in [7, 11) is 0. The zero-order chi connectivity index (χ0) is 17.4. The minimum absolute atomic E-state index is 0.271.